The van der Waals surface area contributed by atoms with Crippen LogP contribution in [-0.4, -0.2) is 50.9 Å². The minimum absolute atomic E-state index is 0.0555. The number of urea groups is 1. The molecule has 3 aromatic rings. The number of imide groups is 1. The Kier molecular flexibility index (Phi) is 5.76. The number of carbonyl (C=O) groups is 3. The number of rotatable bonds is 8. The molecule has 1 aliphatic heterocycles. The molecule has 1 saturated heterocycles. The molecule has 1 atom stereocenters. The van der Waals surface area contributed by atoms with Gasteiger partial charge in [0.25, 0.3) is 11.8 Å². The summed E-state index contributed by atoms with van der Waals surface area (Å²) < 4.78 is 10.8. The van der Waals surface area contributed by atoms with E-state index in [1.165, 1.54) is 11.2 Å². The summed E-state index contributed by atoms with van der Waals surface area (Å²) in [6, 6.07) is 11.7. The lowest BCUT2D eigenvalue weighted by molar-refractivity contribution is -0.139. The molecule has 1 fully saturated rings. The van der Waals surface area contributed by atoms with Gasteiger partial charge in [-0.3, -0.25) is 14.5 Å². The zero-order valence-corrected chi connectivity index (χ0v) is 17.8. The SMILES string of the molecule is CCCN(Cc1nnc(-c2ccco2)o1)C(=O)CN1C(=O)N[C@](C)(c2ccccc2)C1=O. The minimum atomic E-state index is -1.22. The van der Waals surface area contributed by atoms with Gasteiger partial charge in [-0.15, -0.1) is 10.2 Å². The molecular formula is C22H23N5O5. The number of nitrogens with one attached hydrogen (secondary N) is 1. The van der Waals surface area contributed by atoms with Crippen molar-refractivity contribution in [2.24, 2.45) is 0 Å². The predicted molar refractivity (Wildman–Crippen MR) is 112 cm³/mol. The number of hydrogen-bond acceptors (Lipinski definition) is 7. The predicted octanol–water partition coefficient (Wildman–Crippen LogP) is 2.54. The molecule has 0 bridgehead atoms. The third kappa shape index (κ3) is 3.98. The van der Waals surface area contributed by atoms with Gasteiger partial charge in [-0.1, -0.05) is 37.3 Å². The molecule has 0 spiro atoms. The lowest BCUT2D eigenvalue weighted by Crippen LogP contribution is -2.44. The zero-order valence-electron chi connectivity index (χ0n) is 17.8. The Balaban J connectivity index is 1.47. The van der Waals surface area contributed by atoms with Crippen LogP contribution in [0, 0.1) is 0 Å². The molecule has 10 nitrogen and oxygen atoms in total. The highest BCUT2D eigenvalue weighted by Gasteiger charge is 2.49. The van der Waals surface area contributed by atoms with E-state index in [-0.39, 0.29) is 24.9 Å². The Morgan fingerprint density at radius 2 is 1.94 bits per heavy atom. The third-order valence-electron chi connectivity index (χ3n) is 5.29. The summed E-state index contributed by atoms with van der Waals surface area (Å²) in [5.41, 5.74) is -0.575. The second-order valence-electron chi connectivity index (χ2n) is 7.61. The molecule has 0 aliphatic carbocycles. The van der Waals surface area contributed by atoms with Crippen molar-refractivity contribution in [1.82, 2.24) is 25.3 Å². The van der Waals surface area contributed by atoms with Crippen molar-refractivity contribution in [3.8, 4) is 11.7 Å². The van der Waals surface area contributed by atoms with Gasteiger partial charge in [0.15, 0.2) is 5.76 Å². The van der Waals surface area contributed by atoms with Crippen molar-refractivity contribution in [1.29, 1.82) is 0 Å². The summed E-state index contributed by atoms with van der Waals surface area (Å²) in [5, 5.41) is 10.6. The van der Waals surface area contributed by atoms with E-state index in [1.807, 2.05) is 13.0 Å². The summed E-state index contributed by atoms with van der Waals surface area (Å²) in [5.74, 6) is -0.00963. The molecule has 32 heavy (non-hydrogen) atoms. The Morgan fingerprint density at radius 1 is 1.16 bits per heavy atom. The van der Waals surface area contributed by atoms with E-state index >= 15 is 0 Å². The molecule has 2 aromatic heterocycles. The summed E-state index contributed by atoms with van der Waals surface area (Å²) in [7, 11) is 0. The maximum absolute atomic E-state index is 13.1. The first-order chi connectivity index (χ1) is 15.4. The van der Waals surface area contributed by atoms with Gasteiger partial charge in [-0.25, -0.2) is 4.79 Å². The average Bonchev–Trinajstić information content (AvgIpc) is 3.52. The number of nitrogens with zero attached hydrogens (tertiary/aromatic N) is 4. The van der Waals surface area contributed by atoms with Gasteiger partial charge in [-0.2, -0.15) is 0 Å². The van der Waals surface area contributed by atoms with Crippen molar-refractivity contribution in [3.63, 3.8) is 0 Å². The van der Waals surface area contributed by atoms with Crippen molar-refractivity contribution < 1.29 is 23.2 Å². The Hall–Kier alpha value is -3.95. The molecule has 1 aliphatic rings. The topological polar surface area (TPSA) is 122 Å². The highest BCUT2D eigenvalue weighted by Crippen LogP contribution is 2.28. The molecule has 3 heterocycles. The average molecular weight is 437 g/mol. The summed E-state index contributed by atoms with van der Waals surface area (Å²) >= 11 is 0. The molecule has 0 radical (unpaired) electrons. The van der Waals surface area contributed by atoms with Crippen LogP contribution in [0.15, 0.2) is 57.6 Å². The van der Waals surface area contributed by atoms with Crippen LogP contribution in [0.2, 0.25) is 0 Å². The monoisotopic (exact) mass is 437 g/mol. The van der Waals surface area contributed by atoms with Gasteiger partial charge >= 0.3 is 6.03 Å². The van der Waals surface area contributed by atoms with Crippen molar-refractivity contribution in [2.45, 2.75) is 32.4 Å². The van der Waals surface area contributed by atoms with E-state index in [9.17, 15) is 14.4 Å². The fourth-order valence-electron chi connectivity index (χ4n) is 3.59. The molecule has 0 unspecified atom stereocenters. The maximum Gasteiger partial charge on any atom is 0.325 e. The second-order valence-corrected chi connectivity index (χ2v) is 7.61. The number of hydrogen-bond donors (Lipinski definition) is 1. The number of benzene rings is 1. The smallest absolute Gasteiger partial charge is 0.325 e. The fourth-order valence-corrected chi connectivity index (χ4v) is 3.59. The first-order valence-corrected chi connectivity index (χ1v) is 10.3. The first kappa shape index (κ1) is 21.3. The van der Waals surface area contributed by atoms with Gasteiger partial charge < -0.3 is 19.1 Å². The van der Waals surface area contributed by atoms with Gasteiger partial charge in [-0.05, 0) is 31.0 Å². The number of amides is 4. The minimum Gasteiger partial charge on any atom is -0.459 e. The maximum atomic E-state index is 13.1. The van der Waals surface area contributed by atoms with Crippen LogP contribution in [0.5, 0.6) is 0 Å². The summed E-state index contributed by atoms with van der Waals surface area (Å²) in [6.07, 6.45) is 2.17. The van der Waals surface area contributed by atoms with Gasteiger partial charge in [0, 0.05) is 6.54 Å². The number of furan rings is 1. The molecule has 4 rings (SSSR count). The molecule has 1 N–H and O–H groups in total. The first-order valence-electron chi connectivity index (χ1n) is 10.3. The molecule has 10 heteroatoms. The van der Waals surface area contributed by atoms with E-state index in [1.54, 1.807) is 43.3 Å². The van der Waals surface area contributed by atoms with Gasteiger partial charge in [0.2, 0.25) is 11.8 Å². The van der Waals surface area contributed by atoms with Gasteiger partial charge in [0.1, 0.15) is 12.1 Å². The molecule has 0 saturated carbocycles. The lowest BCUT2D eigenvalue weighted by Gasteiger charge is -2.24. The van der Waals surface area contributed by atoms with Crippen LogP contribution in [0.3, 0.4) is 0 Å². The van der Waals surface area contributed by atoms with Crippen LogP contribution in [0.4, 0.5) is 4.79 Å². The molecular weight excluding hydrogens is 414 g/mol. The van der Waals surface area contributed by atoms with Crippen molar-refractivity contribution >= 4 is 17.8 Å². The van der Waals surface area contributed by atoms with E-state index in [4.69, 9.17) is 8.83 Å². The quantitative estimate of drug-likeness (QED) is 0.537. The van der Waals surface area contributed by atoms with Crippen molar-refractivity contribution in [2.75, 3.05) is 13.1 Å². The van der Waals surface area contributed by atoms with Crippen molar-refractivity contribution in [3.05, 3.63) is 60.2 Å². The van der Waals surface area contributed by atoms with E-state index in [0.29, 0.717) is 24.3 Å². The van der Waals surface area contributed by atoms with Crippen LogP contribution in [0.1, 0.15) is 31.7 Å². The van der Waals surface area contributed by atoms with E-state index in [2.05, 4.69) is 15.5 Å². The standard InChI is InChI=1S/C22H23N5O5/c1-3-11-26(13-17-24-25-19(32-17)16-10-7-12-31-16)18(28)14-27-20(29)22(2,23-21(27)30)15-8-5-4-6-9-15/h4-10,12H,3,11,13-14H2,1-2H3,(H,23,30)/t22-/m1/s1. The Labute approximate surface area is 184 Å². The van der Waals surface area contributed by atoms with E-state index in [0.717, 1.165) is 4.90 Å². The van der Waals surface area contributed by atoms with E-state index < -0.39 is 23.4 Å². The normalized spacial score (nSPS) is 18.1. The van der Waals surface area contributed by atoms with Crippen LogP contribution in [0.25, 0.3) is 11.7 Å². The number of carbonyl (C=O) groups excluding carboxylic acids is 3. The second kappa shape index (κ2) is 8.66. The molecule has 1 aromatic carbocycles. The van der Waals surface area contributed by atoms with Crippen LogP contribution in [-0.2, 0) is 21.7 Å². The summed E-state index contributed by atoms with van der Waals surface area (Å²) in [6.45, 7) is 3.62. The Morgan fingerprint density at radius 3 is 2.62 bits per heavy atom. The van der Waals surface area contributed by atoms with Crippen LogP contribution < -0.4 is 5.32 Å². The molecule has 4 amide bonds. The third-order valence-corrected chi connectivity index (χ3v) is 5.29. The highest BCUT2D eigenvalue weighted by molar-refractivity contribution is 6.09. The zero-order chi connectivity index (χ0) is 22.7. The van der Waals surface area contributed by atoms with Crippen LogP contribution >= 0.6 is 0 Å². The van der Waals surface area contributed by atoms with Gasteiger partial charge in [0.05, 0.1) is 12.8 Å². The Bertz CT molecular complexity index is 1110. The molecule has 166 valence electrons. The fraction of sp³-hybridized carbons (Fsp3) is 0.318. The largest absolute Gasteiger partial charge is 0.459 e. The number of aromatic nitrogens is 2. The summed E-state index contributed by atoms with van der Waals surface area (Å²) in [4.78, 5) is 41.1. The lowest BCUT2D eigenvalue weighted by atomic mass is 9.92. The highest BCUT2D eigenvalue weighted by atomic mass is 16.4.